The van der Waals surface area contributed by atoms with E-state index in [4.69, 9.17) is 4.74 Å². The van der Waals surface area contributed by atoms with E-state index in [9.17, 15) is 0 Å². The Kier molecular flexibility index (Phi) is 2.66. The SMILES string of the molecule is C1=C\OCCCSN/1. The first-order valence-electron chi connectivity index (χ1n) is 2.64. The predicted molar refractivity (Wildman–Crippen MR) is 35.3 cm³/mol. The molecule has 0 atom stereocenters. The predicted octanol–water partition coefficient (Wildman–Crippen LogP) is 1.12. The molecule has 0 aromatic carbocycles. The highest BCUT2D eigenvalue weighted by molar-refractivity contribution is 7.97. The summed E-state index contributed by atoms with van der Waals surface area (Å²) in [7, 11) is 0. The third kappa shape index (κ3) is 2.12. The third-order valence-electron chi connectivity index (χ3n) is 0.824. The van der Waals surface area contributed by atoms with Crippen molar-refractivity contribution in [2.45, 2.75) is 6.42 Å². The van der Waals surface area contributed by atoms with Gasteiger partial charge in [-0.2, -0.15) is 0 Å². The standard InChI is InChI=1S/C5H9NOS/c1-3-7-4-2-6-8-5-1/h2,4,6H,1,3,5H2/b4-2-. The number of rotatable bonds is 0. The van der Waals surface area contributed by atoms with Crippen LogP contribution < -0.4 is 4.72 Å². The first-order chi connectivity index (χ1) is 4.00. The molecule has 3 heteroatoms. The van der Waals surface area contributed by atoms with Crippen LogP contribution in [0.3, 0.4) is 0 Å². The van der Waals surface area contributed by atoms with E-state index in [1.54, 1.807) is 18.2 Å². The highest BCUT2D eigenvalue weighted by Gasteiger charge is 1.89. The monoisotopic (exact) mass is 131 g/mol. The van der Waals surface area contributed by atoms with Gasteiger partial charge in [-0.25, -0.2) is 0 Å². The van der Waals surface area contributed by atoms with Crippen molar-refractivity contribution in [3.05, 3.63) is 12.5 Å². The summed E-state index contributed by atoms with van der Waals surface area (Å²) in [6.45, 7) is 0.852. The average Bonchev–Trinajstić information content (AvgIpc) is 1.62. The Balaban J connectivity index is 2.17. The van der Waals surface area contributed by atoms with Crippen LogP contribution >= 0.6 is 11.9 Å². The maximum Gasteiger partial charge on any atom is 0.0994 e. The molecule has 0 saturated heterocycles. The second kappa shape index (κ2) is 3.66. The van der Waals surface area contributed by atoms with Gasteiger partial charge in [-0.1, -0.05) is 11.9 Å². The van der Waals surface area contributed by atoms with Crippen molar-refractivity contribution in [3.8, 4) is 0 Å². The summed E-state index contributed by atoms with van der Waals surface area (Å²) < 4.78 is 8.02. The molecule has 1 N–H and O–H groups in total. The van der Waals surface area contributed by atoms with E-state index in [2.05, 4.69) is 4.72 Å². The smallest absolute Gasteiger partial charge is 0.0994 e. The fraction of sp³-hybridized carbons (Fsp3) is 0.600. The first-order valence-corrected chi connectivity index (χ1v) is 3.62. The van der Waals surface area contributed by atoms with Crippen LogP contribution in [0.4, 0.5) is 0 Å². The van der Waals surface area contributed by atoms with Crippen LogP contribution in [0.5, 0.6) is 0 Å². The van der Waals surface area contributed by atoms with E-state index in [0.29, 0.717) is 0 Å². The number of hydrogen-bond donors (Lipinski definition) is 1. The molecule has 0 amide bonds. The minimum Gasteiger partial charge on any atom is -0.500 e. The molecule has 0 saturated carbocycles. The summed E-state index contributed by atoms with van der Waals surface area (Å²) in [5, 5.41) is 0. The van der Waals surface area contributed by atoms with Gasteiger partial charge >= 0.3 is 0 Å². The first kappa shape index (κ1) is 5.82. The fourth-order valence-electron chi connectivity index (χ4n) is 0.465. The molecule has 0 fully saturated rings. The number of hydrogen-bond acceptors (Lipinski definition) is 3. The summed E-state index contributed by atoms with van der Waals surface area (Å²) in [5.74, 6) is 1.13. The quantitative estimate of drug-likeness (QED) is 0.498. The summed E-state index contributed by atoms with van der Waals surface area (Å²) >= 11 is 1.71. The lowest BCUT2D eigenvalue weighted by molar-refractivity contribution is 0.249. The Morgan fingerprint density at radius 1 is 1.62 bits per heavy atom. The minimum atomic E-state index is 0.852. The molecule has 0 bridgehead atoms. The lowest BCUT2D eigenvalue weighted by Crippen LogP contribution is -2.00. The molecule has 1 heterocycles. The summed E-state index contributed by atoms with van der Waals surface area (Å²) in [4.78, 5) is 0. The molecule has 46 valence electrons. The average molecular weight is 131 g/mol. The lowest BCUT2D eigenvalue weighted by atomic mass is 10.5. The van der Waals surface area contributed by atoms with Crippen LogP contribution in [0.25, 0.3) is 0 Å². The number of ether oxygens (including phenoxy) is 1. The fourth-order valence-corrected chi connectivity index (χ4v) is 0.997. The van der Waals surface area contributed by atoms with Crippen LogP contribution in [-0.2, 0) is 4.74 Å². The zero-order valence-electron chi connectivity index (χ0n) is 4.59. The van der Waals surface area contributed by atoms with Crippen molar-refractivity contribution in [1.29, 1.82) is 0 Å². The van der Waals surface area contributed by atoms with Gasteiger partial charge in [-0.3, -0.25) is 0 Å². The molecule has 0 unspecified atom stereocenters. The van der Waals surface area contributed by atoms with E-state index >= 15 is 0 Å². The molecule has 1 aliphatic rings. The van der Waals surface area contributed by atoms with Gasteiger partial charge in [0.05, 0.1) is 12.9 Å². The van der Waals surface area contributed by atoms with Gasteiger partial charge in [0, 0.05) is 12.0 Å². The van der Waals surface area contributed by atoms with Crippen molar-refractivity contribution in [1.82, 2.24) is 4.72 Å². The molecule has 0 aromatic rings. The van der Waals surface area contributed by atoms with Crippen LogP contribution in [0, 0.1) is 0 Å². The molecular weight excluding hydrogens is 122 g/mol. The Labute approximate surface area is 53.4 Å². The third-order valence-corrected chi connectivity index (χ3v) is 1.62. The zero-order chi connectivity index (χ0) is 5.66. The Morgan fingerprint density at radius 2 is 2.62 bits per heavy atom. The zero-order valence-corrected chi connectivity index (χ0v) is 5.41. The van der Waals surface area contributed by atoms with E-state index < -0.39 is 0 Å². The van der Waals surface area contributed by atoms with E-state index in [1.165, 1.54) is 0 Å². The second-order valence-corrected chi connectivity index (χ2v) is 2.43. The van der Waals surface area contributed by atoms with E-state index in [1.807, 2.05) is 6.20 Å². The molecule has 2 nitrogen and oxygen atoms in total. The van der Waals surface area contributed by atoms with Crippen molar-refractivity contribution in [2.24, 2.45) is 0 Å². The normalized spacial score (nSPS) is 24.0. The van der Waals surface area contributed by atoms with Gasteiger partial charge < -0.3 is 9.46 Å². The van der Waals surface area contributed by atoms with Gasteiger partial charge in [-0.05, 0) is 6.42 Å². The highest BCUT2D eigenvalue weighted by Crippen LogP contribution is 1.99. The maximum absolute atomic E-state index is 5.02. The van der Waals surface area contributed by atoms with Gasteiger partial charge in [0.15, 0.2) is 0 Å². The van der Waals surface area contributed by atoms with Crippen molar-refractivity contribution in [3.63, 3.8) is 0 Å². The molecule has 8 heavy (non-hydrogen) atoms. The molecule has 0 aromatic heterocycles. The molecule has 1 aliphatic heterocycles. The number of nitrogens with one attached hydrogen (secondary N) is 1. The van der Waals surface area contributed by atoms with Crippen molar-refractivity contribution in [2.75, 3.05) is 12.4 Å². The van der Waals surface area contributed by atoms with Gasteiger partial charge in [0.1, 0.15) is 0 Å². The van der Waals surface area contributed by atoms with Crippen molar-refractivity contribution < 1.29 is 4.74 Å². The van der Waals surface area contributed by atoms with Crippen LogP contribution in [0.2, 0.25) is 0 Å². The largest absolute Gasteiger partial charge is 0.500 e. The molecule has 0 radical (unpaired) electrons. The molecular formula is C5H9NOS. The Hall–Kier alpha value is -0.310. The molecule has 1 rings (SSSR count). The van der Waals surface area contributed by atoms with E-state index in [-0.39, 0.29) is 0 Å². The van der Waals surface area contributed by atoms with Gasteiger partial charge in [0.25, 0.3) is 0 Å². The van der Waals surface area contributed by atoms with Crippen LogP contribution in [0.1, 0.15) is 6.42 Å². The molecule has 0 spiro atoms. The highest BCUT2D eigenvalue weighted by atomic mass is 32.2. The van der Waals surface area contributed by atoms with Crippen LogP contribution in [0.15, 0.2) is 12.5 Å². The Morgan fingerprint density at radius 3 is 3.62 bits per heavy atom. The van der Waals surface area contributed by atoms with Crippen molar-refractivity contribution >= 4 is 11.9 Å². The molecule has 0 aliphatic carbocycles. The van der Waals surface area contributed by atoms with Gasteiger partial charge in [-0.15, -0.1) is 0 Å². The Bertz CT molecular complexity index is 74.5. The van der Waals surface area contributed by atoms with Crippen LogP contribution in [-0.4, -0.2) is 12.4 Å². The summed E-state index contributed by atoms with van der Waals surface area (Å²) in [6.07, 6.45) is 4.62. The summed E-state index contributed by atoms with van der Waals surface area (Å²) in [6, 6.07) is 0. The minimum absolute atomic E-state index is 0.852. The second-order valence-electron chi connectivity index (χ2n) is 1.49. The summed E-state index contributed by atoms with van der Waals surface area (Å²) in [5.41, 5.74) is 0. The topological polar surface area (TPSA) is 21.3 Å². The van der Waals surface area contributed by atoms with E-state index in [0.717, 1.165) is 18.8 Å². The maximum atomic E-state index is 5.02. The van der Waals surface area contributed by atoms with Gasteiger partial charge in [0.2, 0.25) is 0 Å². The lowest BCUT2D eigenvalue weighted by Gasteiger charge is -2.04.